The normalized spacial score (nSPS) is 15.8. The van der Waals surface area contributed by atoms with Crippen LogP contribution in [-0.4, -0.2) is 66.1 Å². The number of aliphatic hydroxyl groups is 1. The fraction of sp³-hybridized carbons (Fsp3) is 0.417. The van der Waals surface area contributed by atoms with Crippen molar-refractivity contribution in [2.75, 3.05) is 33.2 Å². The fourth-order valence-electron chi connectivity index (χ4n) is 3.77. The molecular formula is C24H31N3O3. The lowest BCUT2D eigenvalue weighted by Crippen LogP contribution is -2.46. The maximum absolute atomic E-state index is 12.7. The lowest BCUT2D eigenvalue weighted by molar-refractivity contribution is -0.134. The first-order valence-electron chi connectivity index (χ1n) is 10.5. The highest BCUT2D eigenvalue weighted by Crippen LogP contribution is 2.18. The molecule has 30 heavy (non-hydrogen) atoms. The molecule has 2 aromatic carbocycles. The topological polar surface area (TPSA) is 72.9 Å². The number of aliphatic hydroxyl groups excluding tert-OH is 1. The van der Waals surface area contributed by atoms with E-state index in [1.165, 1.54) is 0 Å². The van der Waals surface area contributed by atoms with Gasteiger partial charge in [0.15, 0.2) is 0 Å². The minimum Gasteiger partial charge on any atom is -0.393 e. The van der Waals surface area contributed by atoms with E-state index in [-0.39, 0.29) is 37.0 Å². The standard InChI is InChI=1S/C24H31N3O3/c1-26(18-24(30)27-14-12-21(28)13-15-27)17-23(29)25-22(20-10-6-3-7-11-20)16-19-8-4-2-5-9-19/h2-11,21-22,28H,12-18H2,1H3,(H,25,29). The van der Waals surface area contributed by atoms with Crippen LogP contribution in [0.5, 0.6) is 0 Å². The number of amides is 2. The van der Waals surface area contributed by atoms with Crippen LogP contribution in [-0.2, 0) is 16.0 Å². The van der Waals surface area contributed by atoms with E-state index in [9.17, 15) is 14.7 Å². The van der Waals surface area contributed by atoms with Crippen LogP contribution >= 0.6 is 0 Å². The third kappa shape index (κ3) is 6.68. The zero-order valence-corrected chi connectivity index (χ0v) is 17.5. The van der Waals surface area contributed by atoms with E-state index in [0.29, 0.717) is 32.4 Å². The van der Waals surface area contributed by atoms with Crippen molar-refractivity contribution in [1.82, 2.24) is 15.1 Å². The van der Waals surface area contributed by atoms with Crippen molar-refractivity contribution in [1.29, 1.82) is 0 Å². The third-order valence-electron chi connectivity index (χ3n) is 5.46. The minimum atomic E-state index is -0.308. The Kier molecular flexibility index (Phi) is 7.99. The fourth-order valence-corrected chi connectivity index (χ4v) is 3.77. The Morgan fingerprint density at radius 3 is 2.27 bits per heavy atom. The molecule has 0 spiro atoms. The van der Waals surface area contributed by atoms with Crippen molar-refractivity contribution in [2.24, 2.45) is 0 Å². The van der Waals surface area contributed by atoms with E-state index in [4.69, 9.17) is 0 Å². The quantitative estimate of drug-likeness (QED) is 0.700. The van der Waals surface area contributed by atoms with Crippen LogP contribution in [0.2, 0.25) is 0 Å². The molecule has 1 saturated heterocycles. The maximum Gasteiger partial charge on any atom is 0.236 e. The summed E-state index contributed by atoms with van der Waals surface area (Å²) in [5.74, 6) is -0.106. The SMILES string of the molecule is CN(CC(=O)NC(Cc1ccccc1)c1ccccc1)CC(=O)N1CCC(O)CC1. The molecule has 1 aliphatic heterocycles. The molecule has 2 aromatic rings. The lowest BCUT2D eigenvalue weighted by Gasteiger charge is -2.31. The van der Waals surface area contributed by atoms with Gasteiger partial charge in [0.25, 0.3) is 0 Å². The molecule has 0 saturated carbocycles. The van der Waals surface area contributed by atoms with E-state index in [2.05, 4.69) is 17.4 Å². The Morgan fingerprint density at radius 1 is 1.03 bits per heavy atom. The van der Waals surface area contributed by atoms with E-state index >= 15 is 0 Å². The van der Waals surface area contributed by atoms with Crippen molar-refractivity contribution < 1.29 is 14.7 Å². The minimum absolute atomic E-state index is 0.00101. The van der Waals surface area contributed by atoms with Gasteiger partial charge in [0.2, 0.25) is 11.8 Å². The maximum atomic E-state index is 12.7. The van der Waals surface area contributed by atoms with Gasteiger partial charge in [-0.25, -0.2) is 0 Å². The second kappa shape index (κ2) is 10.9. The molecule has 3 rings (SSSR count). The smallest absolute Gasteiger partial charge is 0.236 e. The predicted molar refractivity (Wildman–Crippen MR) is 117 cm³/mol. The summed E-state index contributed by atoms with van der Waals surface area (Å²) < 4.78 is 0. The van der Waals surface area contributed by atoms with Gasteiger partial charge in [0.1, 0.15) is 0 Å². The number of benzene rings is 2. The van der Waals surface area contributed by atoms with Crippen LogP contribution < -0.4 is 5.32 Å². The first-order valence-corrected chi connectivity index (χ1v) is 10.5. The predicted octanol–water partition coefficient (Wildman–Crippen LogP) is 2.00. The third-order valence-corrected chi connectivity index (χ3v) is 5.46. The van der Waals surface area contributed by atoms with Crippen LogP contribution in [0.4, 0.5) is 0 Å². The van der Waals surface area contributed by atoms with Gasteiger partial charge in [-0.2, -0.15) is 0 Å². The number of nitrogens with zero attached hydrogens (tertiary/aromatic N) is 2. The van der Waals surface area contributed by atoms with Crippen LogP contribution in [0.3, 0.4) is 0 Å². The van der Waals surface area contributed by atoms with Gasteiger partial charge in [-0.05, 0) is 37.4 Å². The Morgan fingerprint density at radius 2 is 1.63 bits per heavy atom. The summed E-state index contributed by atoms with van der Waals surface area (Å²) in [5, 5.41) is 12.7. The molecule has 1 aliphatic rings. The summed E-state index contributed by atoms with van der Waals surface area (Å²) in [4.78, 5) is 28.7. The first-order chi connectivity index (χ1) is 14.5. The molecule has 0 aromatic heterocycles. The highest BCUT2D eigenvalue weighted by molar-refractivity contribution is 5.81. The summed E-state index contributed by atoms with van der Waals surface area (Å²) in [6.45, 7) is 1.50. The highest BCUT2D eigenvalue weighted by Gasteiger charge is 2.23. The number of rotatable bonds is 8. The molecule has 1 unspecified atom stereocenters. The summed E-state index contributed by atoms with van der Waals surface area (Å²) in [6, 6.07) is 19.9. The molecular weight excluding hydrogens is 378 g/mol. The molecule has 0 bridgehead atoms. The van der Waals surface area contributed by atoms with Crippen molar-refractivity contribution in [3.8, 4) is 0 Å². The lowest BCUT2D eigenvalue weighted by atomic mass is 9.99. The Hall–Kier alpha value is -2.70. The van der Waals surface area contributed by atoms with Crippen LogP contribution in [0.25, 0.3) is 0 Å². The first kappa shape index (κ1) is 22.0. The van der Waals surface area contributed by atoms with E-state index in [1.54, 1.807) is 16.8 Å². The zero-order valence-electron chi connectivity index (χ0n) is 17.5. The van der Waals surface area contributed by atoms with Gasteiger partial charge in [-0.3, -0.25) is 14.5 Å². The number of carbonyl (C=O) groups excluding carboxylic acids is 2. The van der Waals surface area contributed by atoms with Gasteiger partial charge in [-0.15, -0.1) is 0 Å². The van der Waals surface area contributed by atoms with Crippen molar-refractivity contribution >= 4 is 11.8 Å². The Bertz CT molecular complexity index is 805. The average Bonchev–Trinajstić information content (AvgIpc) is 2.75. The van der Waals surface area contributed by atoms with Crippen LogP contribution in [0, 0.1) is 0 Å². The summed E-state index contributed by atoms with van der Waals surface area (Å²) >= 11 is 0. The number of nitrogens with one attached hydrogen (secondary N) is 1. The Balaban J connectivity index is 1.55. The van der Waals surface area contributed by atoms with Crippen molar-refractivity contribution in [2.45, 2.75) is 31.4 Å². The van der Waals surface area contributed by atoms with Crippen molar-refractivity contribution in [3.63, 3.8) is 0 Å². The highest BCUT2D eigenvalue weighted by atomic mass is 16.3. The van der Waals surface area contributed by atoms with Gasteiger partial charge >= 0.3 is 0 Å². The van der Waals surface area contributed by atoms with Crippen LogP contribution in [0.1, 0.15) is 30.0 Å². The zero-order chi connectivity index (χ0) is 21.3. The average molecular weight is 410 g/mol. The molecule has 2 N–H and O–H groups in total. The van der Waals surface area contributed by atoms with Gasteiger partial charge < -0.3 is 15.3 Å². The van der Waals surface area contributed by atoms with Crippen molar-refractivity contribution in [3.05, 3.63) is 71.8 Å². The molecule has 1 fully saturated rings. The van der Waals surface area contributed by atoms with Crippen LogP contribution in [0.15, 0.2) is 60.7 Å². The number of hydrogen-bond acceptors (Lipinski definition) is 4. The summed E-state index contributed by atoms with van der Waals surface area (Å²) in [6.07, 6.45) is 1.63. The van der Waals surface area contributed by atoms with E-state index < -0.39 is 0 Å². The Labute approximate surface area is 178 Å². The number of likely N-dealkylation sites (N-methyl/N-ethyl adjacent to an activating group) is 1. The number of carbonyl (C=O) groups is 2. The molecule has 6 nitrogen and oxygen atoms in total. The summed E-state index contributed by atoms with van der Waals surface area (Å²) in [7, 11) is 1.78. The van der Waals surface area contributed by atoms with E-state index in [0.717, 1.165) is 11.1 Å². The second-order valence-electron chi connectivity index (χ2n) is 8.00. The number of hydrogen-bond donors (Lipinski definition) is 2. The molecule has 1 heterocycles. The molecule has 0 aliphatic carbocycles. The molecule has 6 heteroatoms. The number of piperidine rings is 1. The monoisotopic (exact) mass is 409 g/mol. The van der Waals surface area contributed by atoms with Gasteiger partial charge in [0, 0.05) is 13.1 Å². The molecule has 160 valence electrons. The molecule has 0 radical (unpaired) electrons. The van der Waals surface area contributed by atoms with E-state index in [1.807, 2.05) is 48.5 Å². The summed E-state index contributed by atoms with van der Waals surface area (Å²) in [5.41, 5.74) is 2.21. The molecule has 1 atom stereocenters. The second-order valence-corrected chi connectivity index (χ2v) is 8.00. The number of likely N-dealkylation sites (tertiary alicyclic amines) is 1. The van der Waals surface area contributed by atoms with Gasteiger partial charge in [-0.1, -0.05) is 60.7 Å². The van der Waals surface area contributed by atoms with Gasteiger partial charge in [0.05, 0.1) is 25.2 Å². The molecule has 2 amide bonds. The largest absolute Gasteiger partial charge is 0.393 e.